The first-order valence-electron chi connectivity index (χ1n) is 8.74. The zero-order valence-electron chi connectivity index (χ0n) is 14.6. The summed E-state index contributed by atoms with van der Waals surface area (Å²) in [6.45, 7) is 2.30. The van der Waals surface area contributed by atoms with Crippen molar-refractivity contribution >= 4 is 11.8 Å². The molecule has 1 aliphatic heterocycles. The van der Waals surface area contributed by atoms with Gasteiger partial charge >= 0.3 is 0 Å². The average molecular weight is 358 g/mol. The number of carbonyl (C=O) groups excluding carboxylic acids is 2. The Morgan fingerprint density at radius 1 is 1.38 bits per heavy atom. The number of nitrogens with zero attached hydrogens (tertiary/aromatic N) is 2. The monoisotopic (exact) mass is 358 g/mol. The largest absolute Gasteiger partial charge is 0.389 e. The van der Waals surface area contributed by atoms with Gasteiger partial charge in [0.15, 0.2) is 0 Å². The minimum atomic E-state index is -0.446. The molecule has 138 valence electrons. The number of hydrogen-bond donors (Lipinski definition) is 2. The first kappa shape index (κ1) is 19.4. The summed E-state index contributed by atoms with van der Waals surface area (Å²) < 4.78 is 13.1. The van der Waals surface area contributed by atoms with Crippen molar-refractivity contribution in [1.82, 2.24) is 15.5 Å². The maximum Gasteiger partial charge on any atom is 0.263 e. The lowest BCUT2D eigenvalue weighted by Crippen LogP contribution is -2.31. The van der Waals surface area contributed by atoms with E-state index in [1.807, 2.05) is 12.1 Å². The number of benzene rings is 1. The summed E-state index contributed by atoms with van der Waals surface area (Å²) in [4.78, 5) is 25.2. The first-order chi connectivity index (χ1) is 12.6. The van der Waals surface area contributed by atoms with E-state index < -0.39 is 5.91 Å². The fraction of sp³-hybridized carbons (Fsp3) is 0.421. The van der Waals surface area contributed by atoms with Crippen molar-refractivity contribution in [3.05, 3.63) is 47.4 Å². The van der Waals surface area contributed by atoms with Gasteiger partial charge in [-0.2, -0.15) is 5.26 Å². The second kappa shape index (κ2) is 10.2. The van der Waals surface area contributed by atoms with Crippen LogP contribution in [0.5, 0.6) is 0 Å². The van der Waals surface area contributed by atoms with Gasteiger partial charge in [-0.1, -0.05) is 12.1 Å². The molecule has 0 atom stereocenters. The molecule has 2 rings (SSSR count). The lowest BCUT2D eigenvalue weighted by atomic mass is 10.1. The van der Waals surface area contributed by atoms with Crippen molar-refractivity contribution in [2.45, 2.75) is 25.7 Å². The van der Waals surface area contributed by atoms with Crippen LogP contribution in [0.4, 0.5) is 4.39 Å². The molecule has 0 spiro atoms. The molecular weight excluding hydrogens is 335 g/mol. The highest BCUT2D eigenvalue weighted by atomic mass is 19.1. The SMILES string of the molecule is N#C/C(=C/NCCc1cccc(F)c1)C(=O)NCCCN1CCCC1=O. The predicted octanol–water partition coefficient (Wildman–Crippen LogP) is 1.49. The molecule has 2 N–H and O–H groups in total. The third-order valence-electron chi connectivity index (χ3n) is 4.12. The number of carbonyl (C=O) groups is 2. The minimum Gasteiger partial charge on any atom is -0.389 e. The normalized spacial score (nSPS) is 14.2. The number of amides is 2. The summed E-state index contributed by atoms with van der Waals surface area (Å²) in [6.07, 6.45) is 4.11. The summed E-state index contributed by atoms with van der Waals surface area (Å²) in [6, 6.07) is 8.16. The van der Waals surface area contributed by atoms with Gasteiger partial charge in [0.25, 0.3) is 5.91 Å². The summed E-state index contributed by atoms with van der Waals surface area (Å²) in [5.41, 5.74) is 0.826. The second-order valence-electron chi connectivity index (χ2n) is 6.10. The van der Waals surface area contributed by atoms with E-state index >= 15 is 0 Å². The fourth-order valence-electron chi connectivity index (χ4n) is 2.74. The van der Waals surface area contributed by atoms with Crippen molar-refractivity contribution in [1.29, 1.82) is 5.26 Å². The molecule has 1 aromatic carbocycles. The zero-order valence-corrected chi connectivity index (χ0v) is 14.6. The molecule has 26 heavy (non-hydrogen) atoms. The quantitative estimate of drug-likeness (QED) is 0.398. The molecule has 6 nitrogen and oxygen atoms in total. The van der Waals surface area contributed by atoms with Gasteiger partial charge in [0.05, 0.1) is 0 Å². The van der Waals surface area contributed by atoms with Crippen LogP contribution >= 0.6 is 0 Å². The highest BCUT2D eigenvalue weighted by molar-refractivity contribution is 5.97. The van der Waals surface area contributed by atoms with E-state index in [4.69, 9.17) is 5.26 Å². The third-order valence-corrected chi connectivity index (χ3v) is 4.12. The van der Waals surface area contributed by atoms with Gasteiger partial charge in [0.1, 0.15) is 17.5 Å². The lowest BCUT2D eigenvalue weighted by Gasteiger charge is -2.15. The lowest BCUT2D eigenvalue weighted by molar-refractivity contribution is -0.127. The number of nitrogens with one attached hydrogen (secondary N) is 2. The van der Waals surface area contributed by atoms with Crippen LogP contribution in [0.25, 0.3) is 0 Å². The van der Waals surface area contributed by atoms with E-state index in [9.17, 15) is 14.0 Å². The molecule has 1 heterocycles. The Morgan fingerprint density at radius 3 is 2.92 bits per heavy atom. The van der Waals surface area contributed by atoms with Crippen LogP contribution in [0.1, 0.15) is 24.8 Å². The van der Waals surface area contributed by atoms with Crippen LogP contribution < -0.4 is 10.6 Å². The van der Waals surface area contributed by atoms with Gasteiger partial charge in [-0.25, -0.2) is 4.39 Å². The summed E-state index contributed by atoms with van der Waals surface area (Å²) >= 11 is 0. The Labute approximate surface area is 152 Å². The number of halogens is 1. The van der Waals surface area contributed by atoms with Gasteiger partial charge in [0.2, 0.25) is 5.91 Å². The molecule has 0 saturated carbocycles. The molecule has 0 unspecified atom stereocenters. The Morgan fingerprint density at radius 2 is 2.23 bits per heavy atom. The van der Waals surface area contributed by atoms with Crippen LogP contribution in [0.2, 0.25) is 0 Å². The Balaban J connectivity index is 1.67. The van der Waals surface area contributed by atoms with E-state index in [2.05, 4.69) is 10.6 Å². The fourth-order valence-corrected chi connectivity index (χ4v) is 2.74. The standard InChI is InChI=1S/C19H23FN4O2/c20-17-5-1-4-15(12-17)7-9-22-14-16(13-21)19(26)23-8-3-11-24-10-2-6-18(24)25/h1,4-5,12,14,22H,2-3,6-11H2,(H,23,26)/b16-14-. The van der Waals surface area contributed by atoms with E-state index in [1.165, 1.54) is 18.3 Å². The van der Waals surface area contributed by atoms with E-state index in [0.29, 0.717) is 38.9 Å². The maximum absolute atomic E-state index is 13.1. The van der Waals surface area contributed by atoms with Gasteiger partial charge in [0, 0.05) is 38.8 Å². The van der Waals surface area contributed by atoms with E-state index in [-0.39, 0.29) is 17.3 Å². The molecule has 1 aromatic rings. The van der Waals surface area contributed by atoms with Gasteiger partial charge < -0.3 is 15.5 Å². The maximum atomic E-state index is 13.1. The summed E-state index contributed by atoms with van der Waals surface area (Å²) in [7, 11) is 0. The Bertz CT molecular complexity index is 712. The van der Waals surface area contributed by atoms with Crippen molar-refractivity contribution in [2.24, 2.45) is 0 Å². The number of hydrogen-bond acceptors (Lipinski definition) is 4. The van der Waals surface area contributed by atoms with Gasteiger partial charge in [-0.15, -0.1) is 0 Å². The van der Waals surface area contributed by atoms with Crippen LogP contribution in [-0.4, -0.2) is 42.9 Å². The average Bonchev–Trinajstić information content (AvgIpc) is 3.03. The Kier molecular flexibility index (Phi) is 7.62. The first-order valence-corrected chi connectivity index (χ1v) is 8.74. The number of likely N-dealkylation sites (tertiary alicyclic amines) is 1. The molecular formula is C19H23FN4O2. The predicted molar refractivity (Wildman–Crippen MR) is 95.2 cm³/mol. The topological polar surface area (TPSA) is 85.2 Å². The van der Waals surface area contributed by atoms with E-state index in [1.54, 1.807) is 11.0 Å². The molecule has 0 bridgehead atoms. The summed E-state index contributed by atoms with van der Waals surface area (Å²) in [5.74, 6) is -0.569. The number of rotatable bonds is 9. The second-order valence-corrected chi connectivity index (χ2v) is 6.10. The molecule has 1 saturated heterocycles. The molecule has 1 aliphatic rings. The van der Waals surface area contributed by atoms with E-state index in [0.717, 1.165) is 18.5 Å². The molecule has 7 heteroatoms. The van der Waals surface area contributed by atoms with Crippen molar-refractivity contribution in [2.75, 3.05) is 26.2 Å². The van der Waals surface area contributed by atoms with Crippen LogP contribution in [0.15, 0.2) is 36.0 Å². The molecule has 0 aromatic heterocycles. The smallest absolute Gasteiger partial charge is 0.263 e. The summed E-state index contributed by atoms with van der Waals surface area (Å²) in [5, 5.41) is 14.7. The molecule has 0 radical (unpaired) electrons. The highest BCUT2D eigenvalue weighted by Crippen LogP contribution is 2.09. The molecule has 1 fully saturated rings. The minimum absolute atomic E-state index is 0.0125. The number of nitriles is 1. The molecule has 0 aliphatic carbocycles. The van der Waals surface area contributed by atoms with Crippen molar-refractivity contribution in [3.63, 3.8) is 0 Å². The molecule has 2 amide bonds. The van der Waals surface area contributed by atoms with Gasteiger partial charge in [-0.3, -0.25) is 9.59 Å². The van der Waals surface area contributed by atoms with Crippen molar-refractivity contribution in [3.8, 4) is 6.07 Å². The van der Waals surface area contributed by atoms with Crippen LogP contribution in [0.3, 0.4) is 0 Å². The zero-order chi connectivity index (χ0) is 18.8. The van der Waals surface area contributed by atoms with Crippen LogP contribution in [0, 0.1) is 17.1 Å². The Hall–Kier alpha value is -2.88. The third kappa shape index (κ3) is 6.20. The van der Waals surface area contributed by atoms with Crippen molar-refractivity contribution < 1.29 is 14.0 Å². The van der Waals surface area contributed by atoms with Gasteiger partial charge in [-0.05, 0) is 37.0 Å². The highest BCUT2D eigenvalue weighted by Gasteiger charge is 2.19. The van der Waals surface area contributed by atoms with Crippen LogP contribution in [-0.2, 0) is 16.0 Å².